The number of ether oxygens (including phenoxy) is 2. The van der Waals surface area contributed by atoms with Crippen molar-refractivity contribution in [1.82, 2.24) is 4.98 Å². The molecular weight excluding hydrogens is 210 g/mol. The number of pyridine rings is 1. The highest BCUT2D eigenvalue weighted by atomic mass is 16.5. The first-order valence-electron chi connectivity index (χ1n) is 4.82. The molecule has 5 nitrogen and oxygen atoms in total. The second-order valence-corrected chi connectivity index (χ2v) is 3.09. The molecule has 0 unspecified atom stereocenters. The van der Waals surface area contributed by atoms with E-state index in [0.29, 0.717) is 11.4 Å². The molecule has 1 aromatic rings. The van der Waals surface area contributed by atoms with Gasteiger partial charge >= 0.3 is 5.97 Å². The molecule has 0 amide bonds. The maximum Gasteiger partial charge on any atom is 0.379 e. The Morgan fingerprint density at radius 3 is 2.62 bits per heavy atom. The number of hydrogen-bond donors (Lipinski definition) is 0. The second kappa shape index (κ2) is 5.25. The van der Waals surface area contributed by atoms with Gasteiger partial charge in [0.2, 0.25) is 5.88 Å². The number of carbonyl (C=O) groups is 2. The summed E-state index contributed by atoms with van der Waals surface area (Å²) in [6, 6.07) is 1.59. The summed E-state index contributed by atoms with van der Waals surface area (Å²) in [7, 11) is 1.48. The number of carbonyl (C=O) groups excluding carboxylic acids is 2. The summed E-state index contributed by atoms with van der Waals surface area (Å²) >= 11 is 0. The van der Waals surface area contributed by atoms with E-state index in [-0.39, 0.29) is 12.2 Å². The molecule has 0 atom stereocenters. The predicted octanol–water partition coefficient (Wildman–Crippen LogP) is 1.14. The number of hydrogen-bond acceptors (Lipinski definition) is 5. The molecule has 0 spiro atoms. The van der Waals surface area contributed by atoms with Crippen LogP contribution in [0.15, 0.2) is 12.3 Å². The summed E-state index contributed by atoms with van der Waals surface area (Å²) in [6.45, 7) is 3.52. The zero-order chi connectivity index (χ0) is 12.1. The van der Waals surface area contributed by atoms with E-state index in [1.807, 2.05) is 0 Å². The van der Waals surface area contributed by atoms with E-state index in [0.717, 1.165) is 0 Å². The van der Waals surface area contributed by atoms with Crippen LogP contribution in [0, 0.1) is 6.92 Å². The Bertz CT molecular complexity index is 414. The Balaban J connectivity index is 2.96. The van der Waals surface area contributed by atoms with Crippen molar-refractivity contribution in [2.75, 3.05) is 13.7 Å². The van der Waals surface area contributed by atoms with Crippen LogP contribution in [0.1, 0.15) is 22.8 Å². The van der Waals surface area contributed by atoms with Crippen molar-refractivity contribution >= 4 is 11.8 Å². The fourth-order valence-corrected chi connectivity index (χ4v) is 1.19. The predicted molar refractivity (Wildman–Crippen MR) is 56.5 cm³/mol. The topological polar surface area (TPSA) is 65.5 Å². The average Bonchev–Trinajstić information content (AvgIpc) is 2.28. The summed E-state index contributed by atoms with van der Waals surface area (Å²) in [5.41, 5.74) is 0.865. The van der Waals surface area contributed by atoms with E-state index in [1.165, 1.54) is 13.3 Å². The van der Waals surface area contributed by atoms with E-state index < -0.39 is 11.8 Å². The molecule has 5 heteroatoms. The van der Waals surface area contributed by atoms with Crippen LogP contribution in [0.4, 0.5) is 0 Å². The van der Waals surface area contributed by atoms with Crippen molar-refractivity contribution in [3.8, 4) is 5.88 Å². The van der Waals surface area contributed by atoms with E-state index in [2.05, 4.69) is 9.72 Å². The third-order valence-electron chi connectivity index (χ3n) is 2.00. The van der Waals surface area contributed by atoms with Crippen molar-refractivity contribution in [2.45, 2.75) is 13.8 Å². The van der Waals surface area contributed by atoms with Crippen LogP contribution in [0.25, 0.3) is 0 Å². The first kappa shape index (κ1) is 12.2. The number of methoxy groups -OCH3 is 1. The molecule has 16 heavy (non-hydrogen) atoms. The first-order valence-corrected chi connectivity index (χ1v) is 4.82. The highest BCUT2D eigenvalue weighted by Crippen LogP contribution is 2.14. The summed E-state index contributed by atoms with van der Waals surface area (Å²) in [5.74, 6) is -1.15. The third kappa shape index (κ3) is 2.56. The Kier molecular flexibility index (Phi) is 3.99. The van der Waals surface area contributed by atoms with E-state index >= 15 is 0 Å². The fraction of sp³-hybridized carbons (Fsp3) is 0.364. The fourth-order valence-electron chi connectivity index (χ4n) is 1.19. The zero-order valence-corrected chi connectivity index (χ0v) is 9.44. The molecule has 0 saturated carbocycles. The lowest BCUT2D eigenvalue weighted by Gasteiger charge is -2.05. The molecular formula is C11H13NO4. The van der Waals surface area contributed by atoms with Crippen molar-refractivity contribution in [3.63, 3.8) is 0 Å². The number of aromatic nitrogens is 1. The molecule has 1 aromatic heterocycles. The van der Waals surface area contributed by atoms with Crippen LogP contribution in [0.2, 0.25) is 0 Å². The molecule has 0 aliphatic heterocycles. The van der Waals surface area contributed by atoms with Crippen LogP contribution >= 0.6 is 0 Å². The van der Waals surface area contributed by atoms with E-state index in [9.17, 15) is 9.59 Å². The maximum atomic E-state index is 11.6. The molecule has 1 heterocycles. The largest absolute Gasteiger partial charge is 0.481 e. The molecule has 0 aromatic carbocycles. The normalized spacial score (nSPS) is 9.69. The lowest BCUT2D eigenvalue weighted by Crippen LogP contribution is -2.18. The summed E-state index contributed by atoms with van der Waals surface area (Å²) < 4.78 is 9.52. The molecule has 1 rings (SSSR count). The van der Waals surface area contributed by atoms with Gasteiger partial charge in [-0.2, -0.15) is 0 Å². The monoisotopic (exact) mass is 223 g/mol. The van der Waals surface area contributed by atoms with Crippen LogP contribution in [-0.4, -0.2) is 30.5 Å². The van der Waals surface area contributed by atoms with Gasteiger partial charge in [0.05, 0.1) is 19.3 Å². The zero-order valence-electron chi connectivity index (χ0n) is 9.44. The van der Waals surface area contributed by atoms with Gasteiger partial charge in [-0.05, 0) is 19.4 Å². The molecule has 0 radical (unpaired) electrons. The Labute approximate surface area is 93.4 Å². The number of nitrogens with zero attached hydrogens (tertiary/aromatic N) is 1. The van der Waals surface area contributed by atoms with Gasteiger partial charge < -0.3 is 9.47 Å². The number of rotatable bonds is 4. The number of esters is 1. The first-order chi connectivity index (χ1) is 7.60. The number of aryl methyl sites for hydroxylation is 1. The number of ketones is 1. The molecule has 0 fully saturated rings. The van der Waals surface area contributed by atoms with Gasteiger partial charge in [0.25, 0.3) is 5.78 Å². The highest BCUT2D eigenvalue weighted by Gasteiger charge is 2.20. The van der Waals surface area contributed by atoms with Crippen molar-refractivity contribution in [2.24, 2.45) is 0 Å². The van der Waals surface area contributed by atoms with E-state index in [4.69, 9.17) is 4.74 Å². The van der Waals surface area contributed by atoms with Gasteiger partial charge in [0.15, 0.2) is 0 Å². The van der Waals surface area contributed by atoms with Crippen LogP contribution in [0.3, 0.4) is 0 Å². The van der Waals surface area contributed by atoms with Gasteiger partial charge in [-0.25, -0.2) is 9.78 Å². The average molecular weight is 223 g/mol. The van der Waals surface area contributed by atoms with Gasteiger partial charge in [0.1, 0.15) is 0 Å². The molecule has 86 valence electrons. The van der Waals surface area contributed by atoms with Crippen molar-refractivity contribution in [3.05, 3.63) is 23.4 Å². The molecule has 0 N–H and O–H groups in total. The lowest BCUT2D eigenvalue weighted by molar-refractivity contribution is -0.137. The minimum absolute atomic E-state index is 0.174. The Hall–Kier alpha value is -1.91. The quantitative estimate of drug-likeness (QED) is 0.435. The van der Waals surface area contributed by atoms with Gasteiger partial charge in [-0.1, -0.05) is 0 Å². The third-order valence-corrected chi connectivity index (χ3v) is 2.00. The molecule has 0 bridgehead atoms. The maximum absolute atomic E-state index is 11.6. The SMILES string of the molecule is CCOC(=O)C(=O)c1cnc(OC)cc1C. The number of Topliss-reactive ketones (excluding diaryl/α,β-unsaturated/α-hetero) is 1. The second-order valence-electron chi connectivity index (χ2n) is 3.09. The van der Waals surface area contributed by atoms with Gasteiger partial charge in [-0.15, -0.1) is 0 Å². The van der Waals surface area contributed by atoms with Crippen molar-refractivity contribution in [1.29, 1.82) is 0 Å². The lowest BCUT2D eigenvalue weighted by atomic mass is 10.1. The summed E-state index contributed by atoms with van der Waals surface area (Å²) in [5, 5.41) is 0. The van der Waals surface area contributed by atoms with Crippen LogP contribution < -0.4 is 4.74 Å². The van der Waals surface area contributed by atoms with Crippen LogP contribution in [0.5, 0.6) is 5.88 Å². The molecule has 0 aliphatic rings. The molecule has 0 saturated heterocycles. The summed E-state index contributed by atoms with van der Waals surface area (Å²) in [6.07, 6.45) is 1.31. The molecule has 0 aliphatic carbocycles. The van der Waals surface area contributed by atoms with Gasteiger partial charge in [-0.3, -0.25) is 4.79 Å². The smallest absolute Gasteiger partial charge is 0.379 e. The van der Waals surface area contributed by atoms with Crippen LogP contribution in [-0.2, 0) is 9.53 Å². The van der Waals surface area contributed by atoms with Crippen molar-refractivity contribution < 1.29 is 19.1 Å². The van der Waals surface area contributed by atoms with E-state index in [1.54, 1.807) is 19.9 Å². The van der Waals surface area contributed by atoms with Gasteiger partial charge in [0, 0.05) is 12.3 Å². The standard InChI is InChI=1S/C11H13NO4/c1-4-16-11(14)10(13)8-6-12-9(15-3)5-7(8)2/h5-6H,4H2,1-3H3. The Morgan fingerprint density at radius 1 is 1.44 bits per heavy atom. The highest BCUT2D eigenvalue weighted by molar-refractivity contribution is 6.40. The summed E-state index contributed by atoms with van der Waals surface area (Å²) in [4.78, 5) is 26.7. The minimum Gasteiger partial charge on any atom is -0.481 e. The minimum atomic E-state index is -0.863. The Morgan fingerprint density at radius 2 is 2.12 bits per heavy atom.